The Hall–Kier alpha value is -0.890. The second kappa shape index (κ2) is 6.71. The summed E-state index contributed by atoms with van der Waals surface area (Å²) in [5.74, 6) is 0.0913. The van der Waals surface area contributed by atoms with E-state index < -0.39 is 12.0 Å². The Balaban J connectivity index is 1.94. The third kappa shape index (κ3) is 3.22. The van der Waals surface area contributed by atoms with E-state index in [0.717, 1.165) is 12.2 Å². The Bertz CT molecular complexity index is 418. The molecule has 0 aliphatic carbocycles. The van der Waals surface area contributed by atoms with Crippen molar-refractivity contribution in [3.05, 3.63) is 0 Å². The fourth-order valence-corrected chi connectivity index (χ4v) is 4.61. The zero-order chi connectivity index (χ0) is 14.7. The molecule has 2 saturated heterocycles. The minimum Gasteiger partial charge on any atom is -0.480 e. The van der Waals surface area contributed by atoms with Crippen LogP contribution in [0.15, 0.2) is 0 Å². The van der Waals surface area contributed by atoms with Crippen LogP contribution in [0.4, 0.5) is 4.79 Å². The maximum Gasteiger partial charge on any atom is 0.327 e. The van der Waals surface area contributed by atoms with E-state index >= 15 is 0 Å². The largest absolute Gasteiger partial charge is 0.480 e. The average Bonchev–Trinajstić information content (AvgIpc) is 3.01. The molecule has 2 fully saturated rings. The Morgan fingerprint density at radius 2 is 2.20 bits per heavy atom. The maximum atomic E-state index is 12.3. The third-order valence-corrected chi connectivity index (χ3v) is 5.80. The Morgan fingerprint density at radius 1 is 1.45 bits per heavy atom. The number of carboxylic acid groups (broad SMARTS) is 1. The molecule has 0 aromatic carbocycles. The van der Waals surface area contributed by atoms with Crippen molar-refractivity contribution in [2.75, 3.05) is 24.6 Å². The predicted octanol–water partition coefficient (Wildman–Crippen LogP) is 1.31. The van der Waals surface area contributed by atoms with E-state index in [1.54, 1.807) is 4.90 Å². The fourth-order valence-electron chi connectivity index (χ4n) is 2.39. The topological polar surface area (TPSA) is 77.9 Å². The first-order valence-corrected chi connectivity index (χ1v) is 8.65. The number of nitrogens with zero attached hydrogens (tertiary/aromatic N) is 2. The first-order chi connectivity index (χ1) is 9.54. The molecule has 2 amide bonds. The SMILES string of the molecule is CCC1SCC(C(=O)O)N1C(=O)CCN1CCSC1=O. The molecule has 2 atom stereocenters. The normalized spacial score (nSPS) is 26.4. The van der Waals surface area contributed by atoms with Crippen molar-refractivity contribution in [3.63, 3.8) is 0 Å². The van der Waals surface area contributed by atoms with E-state index in [9.17, 15) is 19.5 Å². The van der Waals surface area contributed by atoms with E-state index in [1.807, 2.05) is 6.92 Å². The van der Waals surface area contributed by atoms with E-state index in [4.69, 9.17) is 0 Å². The molecular weight excluding hydrogens is 300 g/mol. The zero-order valence-electron chi connectivity index (χ0n) is 11.3. The smallest absolute Gasteiger partial charge is 0.327 e. The first kappa shape index (κ1) is 15.5. The third-order valence-electron chi connectivity index (χ3n) is 3.46. The van der Waals surface area contributed by atoms with Gasteiger partial charge in [-0.1, -0.05) is 18.7 Å². The van der Waals surface area contributed by atoms with Crippen LogP contribution in [0.5, 0.6) is 0 Å². The molecule has 2 rings (SSSR count). The van der Waals surface area contributed by atoms with Gasteiger partial charge in [0.15, 0.2) is 0 Å². The standard InChI is InChI=1S/C12H18N2O4S2/c1-2-10-14(8(7-20-10)11(16)17)9(15)3-4-13-5-6-19-12(13)18/h8,10H,2-7H2,1H3,(H,16,17). The lowest BCUT2D eigenvalue weighted by Gasteiger charge is -2.27. The van der Waals surface area contributed by atoms with Gasteiger partial charge < -0.3 is 14.9 Å². The predicted molar refractivity (Wildman–Crippen MR) is 78.9 cm³/mol. The first-order valence-electron chi connectivity index (χ1n) is 6.62. The van der Waals surface area contributed by atoms with Gasteiger partial charge in [0.2, 0.25) is 5.91 Å². The monoisotopic (exact) mass is 318 g/mol. The van der Waals surface area contributed by atoms with Crippen LogP contribution in [0.3, 0.4) is 0 Å². The van der Waals surface area contributed by atoms with E-state index in [0.29, 0.717) is 18.8 Å². The van der Waals surface area contributed by atoms with Crippen LogP contribution in [0.1, 0.15) is 19.8 Å². The number of hydrogen-bond acceptors (Lipinski definition) is 5. The Kier molecular flexibility index (Phi) is 5.20. The van der Waals surface area contributed by atoms with E-state index in [2.05, 4.69) is 0 Å². The van der Waals surface area contributed by atoms with Crippen molar-refractivity contribution in [1.82, 2.24) is 9.80 Å². The van der Waals surface area contributed by atoms with Crippen molar-refractivity contribution in [1.29, 1.82) is 0 Å². The molecule has 2 aliphatic heterocycles. The van der Waals surface area contributed by atoms with Gasteiger partial charge in [0, 0.05) is 31.0 Å². The minimum absolute atomic E-state index is 0.00965. The van der Waals surface area contributed by atoms with E-state index in [1.165, 1.54) is 28.4 Å². The molecule has 8 heteroatoms. The van der Waals surface area contributed by atoms with Crippen LogP contribution in [0.2, 0.25) is 0 Å². The molecule has 1 N–H and O–H groups in total. The van der Waals surface area contributed by atoms with Gasteiger partial charge in [0.1, 0.15) is 6.04 Å². The highest BCUT2D eigenvalue weighted by atomic mass is 32.2. The van der Waals surface area contributed by atoms with Crippen LogP contribution in [0.25, 0.3) is 0 Å². The molecular formula is C12H18N2O4S2. The van der Waals surface area contributed by atoms with Gasteiger partial charge in [-0.25, -0.2) is 4.79 Å². The fraction of sp³-hybridized carbons (Fsp3) is 0.750. The molecule has 2 unspecified atom stereocenters. The Morgan fingerprint density at radius 3 is 2.75 bits per heavy atom. The van der Waals surface area contributed by atoms with Crippen molar-refractivity contribution in [2.24, 2.45) is 0 Å². The number of amides is 2. The van der Waals surface area contributed by atoms with Crippen LogP contribution in [0, 0.1) is 0 Å². The number of carbonyl (C=O) groups is 3. The summed E-state index contributed by atoms with van der Waals surface area (Å²) < 4.78 is 0. The lowest BCUT2D eigenvalue weighted by molar-refractivity contribution is -0.149. The van der Waals surface area contributed by atoms with Crippen LogP contribution >= 0.6 is 23.5 Å². The van der Waals surface area contributed by atoms with Crippen LogP contribution in [-0.2, 0) is 9.59 Å². The zero-order valence-corrected chi connectivity index (χ0v) is 12.9. The van der Waals surface area contributed by atoms with Gasteiger partial charge >= 0.3 is 5.97 Å². The van der Waals surface area contributed by atoms with Gasteiger partial charge in [-0.05, 0) is 6.42 Å². The molecule has 112 valence electrons. The molecule has 6 nitrogen and oxygen atoms in total. The maximum absolute atomic E-state index is 12.3. The Labute approximate surface area is 126 Å². The number of hydrogen-bond donors (Lipinski definition) is 1. The van der Waals surface area contributed by atoms with Crippen molar-refractivity contribution >= 4 is 40.6 Å². The summed E-state index contributed by atoms with van der Waals surface area (Å²) in [6.45, 7) is 3.00. The highest BCUT2D eigenvalue weighted by Gasteiger charge is 2.40. The molecule has 0 aromatic rings. The van der Waals surface area contributed by atoms with Crippen LogP contribution in [-0.4, -0.2) is 68.0 Å². The van der Waals surface area contributed by atoms with Gasteiger partial charge in [-0.3, -0.25) is 9.59 Å². The lowest BCUT2D eigenvalue weighted by atomic mass is 10.2. The highest BCUT2D eigenvalue weighted by Crippen LogP contribution is 2.32. The summed E-state index contributed by atoms with van der Waals surface area (Å²) in [6.07, 6.45) is 0.936. The molecule has 20 heavy (non-hydrogen) atoms. The molecule has 0 bridgehead atoms. The molecule has 0 aromatic heterocycles. The van der Waals surface area contributed by atoms with Crippen molar-refractivity contribution in [3.8, 4) is 0 Å². The molecule has 0 saturated carbocycles. The average molecular weight is 318 g/mol. The highest BCUT2D eigenvalue weighted by molar-refractivity contribution is 8.13. The van der Waals surface area contributed by atoms with Crippen molar-refractivity contribution < 1.29 is 19.5 Å². The summed E-state index contributed by atoms with van der Waals surface area (Å²) in [5.41, 5.74) is 0. The summed E-state index contributed by atoms with van der Waals surface area (Å²) in [5, 5.41) is 9.14. The van der Waals surface area contributed by atoms with Crippen LogP contribution < -0.4 is 0 Å². The second-order valence-corrected chi connectivity index (χ2v) is 6.96. The van der Waals surface area contributed by atoms with Gasteiger partial charge in [-0.2, -0.15) is 0 Å². The van der Waals surface area contributed by atoms with Crippen molar-refractivity contribution in [2.45, 2.75) is 31.2 Å². The second-order valence-electron chi connectivity index (χ2n) is 4.70. The molecule has 2 heterocycles. The number of carboxylic acids is 1. The molecule has 0 radical (unpaired) electrons. The summed E-state index contributed by atoms with van der Waals surface area (Å²) >= 11 is 2.78. The summed E-state index contributed by atoms with van der Waals surface area (Å²) in [7, 11) is 0. The quantitative estimate of drug-likeness (QED) is 0.823. The van der Waals surface area contributed by atoms with Gasteiger partial charge in [0.05, 0.1) is 5.37 Å². The number of rotatable bonds is 5. The summed E-state index contributed by atoms with van der Waals surface area (Å²) in [6, 6.07) is -0.735. The van der Waals surface area contributed by atoms with Gasteiger partial charge in [0.25, 0.3) is 5.24 Å². The summed E-state index contributed by atoms with van der Waals surface area (Å²) in [4.78, 5) is 38.1. The number of thioether (sulfide) groups is 2. The minimum atomic E-state index is -0.949. The number of carbonyl (C=O) groups excluding carboxylic acids is 2. The van der Waals surface area contributed by atoms with E-state index in [-0.39, 0.29) is 22.9 Å². The number of aliphatic carboxylic acids is 1. The van der Waals surface area contributed by atoms with Gasteiger partial charge in [-0.15, -0.1) is 11.8 Å². The molecule has 0 spiro atoms. The molecule has 2 aliphatic rings. The lowest BCUT2D eigenvalue weighted by Crippen LogP contribution is -2.46.